The number of para-hydroxylation sites is 1. The van der Waals surface area contributed by atoms with Gasteiger partial charge in [-0.25, -0.2) is 0 Å². The van der Waals surface area contributed by atoms with Crippen molar-refractivity contribution in [2.75, 3.05) is 0 Å². The Morgan fingerprint density at radius 3 is 2.65 bits per heavy atom. The van der Waals surface area contributed by atoms with Gasteiger partial charge in [0, 0.05) is 35.1 Å². The molecule has 118 valence electrons. The standard InChI is InChI=1S/C18H17ClN2O2/c19-15-7-3-1-5-12(15)10-21-17(18(22)23)9-13-11-20-16-8-4-2-6-14(13)16/h1-8,11,17,20-21H,9-10H2,(H,22,23). The van der Waals surface area contributed by atoms with Gasteiger partial charge in [0.05, 0.1) is 0 Å². The molecule has 1 heterocycles. The van der Waals surface area contributed by atoms with Crippen molar-refractivity contribution >= 4 is 28.5 Å². The maximum Gasteiger partial charge on any atom is 0.321 e. The summed E-state index contributed by atoms with van der Waals surface area (Å²) in [5.41, 5.74) is 2.89. The Labute approximate surface area is 139 Å². The van der Waals surface area contributed by atoms with Gasteiger partial charge in [-0.15, -0.1) is 0 Å². The Kier molecular flexibility index (Phi) is 4.65. The van der Waals surface area contributed by atoms with E-state index in [-0.39, 0.29) is 0 Å². The third-order valence-electron chi connectivity index (χ3n) is 3.89. The predicted octanol–water partition coefficient (Wildman–Crippen LogP) is 3.61. The Bertz CT molecular complexity index is 829. The molecule has 5 heteroatoms. The minimum Gasteiger partial charge on any atom is -0.480 e. The number of aliphatic carboxylic acids is 1. The van der Waals surface area contributed by atoms with Crippen LogP contribution in [0, 0.1) is 0 Å². The first-order chi connectivity index (χ1) is 11.1. The molecule has 0 saturated heterocycles. The van der Waals surface area contributed by atoms with Crippen LogP contribution in [0.2, 0.25) is 5.02 Å². The fourth-order valence-corrected chi connectivity index (χ4v) is 2.84. The Balaban J connectivity index is 1.75. The van der Waals surface area contributed by atoms with E-state index in [1.54, 1.807) is 6.07 Å². The van der Waals surface area contributed by atoms with Crippen LogP contribution in [-0.2, 0) is 17.8 Å². The smallest absolute Gasteiger partial charge is 0.321 e. The summed E-state index contributed by atoms with van der Waals surface area (Å²) in [4.78, 5) is 14.7. The molecule has 0 amide bonds. The molecule has 0 bridgehead atoms. The molecule has 0 saturated carbocycles. The number of hydrogen-bond donors (Lipinski definition) is 3. The molecular weight excluding hydrogens is 312 g/mol. The molecule has 0 aliphatic rings. The normalized spacial score (nSPS) is 12.4. The van der Waals surface area contributed by atoms with Crippen molar-refractivity contribution in [2.45, 2.75) is 19.0 Å². The van der Waals surface area contributed by atoms with E-state index in [4.69, 9.17) is 11.6 Å². The number of aromatic nitrogens is 1. The van der Waals surface area contributed by atoms with Crippen LogP contribution in [0.15, 0.2) is 54.7 Å². The van der Waals surface area contributed by atoms with Crippen LogP contribution in [0.1, 0.15) is 11.1 Å². The van der Waals surface area contributed by atoms with E-state index < -0.39 is 12.0 Å². The van der Waals surface area contributed by atoms with Crippen molar-refractivity contribution < 1.29 is 9.90 Å². The molecule has 0 aliphatic carbocycles. The monoisotopic (exact) mass is 328 g/mol. The van der Waals surface area contributed by atoms with Crippen molar-refractivity contribution in [3.63, 3.8) is 0 Å². The summed E-state index contributed by atoms with van der Waals surface area (Å²) in [5, 5.41) is 14.3. The lowest BCUT2D eigenvalue weighted by molar-refractivity contribution is -0.139. The first-order valence-corrected chi connectivity index (χ1v) is 7.77. The number of fused-ring (bicyclic) bond motifs is 1. The number of benzene rings is 2. The zero-order valence-electron chi connectivity index (χ0n) is 12.4. The van der Waals surface area contributed by atoms with Crippen LogP contribution >= 0.6 is 11.6 Å². The fraction of sp³-hybridized carbons (Fsp3) is 0.167. The molecule has 3 aromatic rings. The van der Waals surface area contributed by atoms with Gasteiger partial charge < -0.3 is 10.1 Å². The molecular formula is C18H17ClN2O2. The van der Waals surface area contributed by atoms with E-state index in [0.29, 0.717) is 18.0 Å². The van der Waals surface area contributed by atoms with E-state index >= 15 is 0 Å². The highest BCUT2D eigenvalue weighted by atomic mass is 35.5. The maximum atomic E-state index is 11.6. The van der Waals surface area contributed by atoms with Gasteiger partial charge >= 0.3 is 5.97 Å². The second-order valence-corrected chi connectivity index (χ2v) is 5.83. The van der Waals surface area contributed by atoms with E-state index in [0.717, 1.165) is 22.0 Å². The third kappa shape index (κ3) is 3.55. The summed E-state index contributed by atoms with van der Waals surface area (Å²) in [6.45, 7) is 0.416. The summed E-state index contributed by atoms with van der Waals surface area (Å²) in [5.74, 6) is -0.873. The highest BCUT2D eigenvalue weighted by Crippen LogP contribution is 2.20. The number of carboxylic acid groups (broad SMARTS) is 1. The topological polar surface area (TPSA) is 65.1 Å². The van der Waals surface area contributed by atoms with Crippen LogP contribution in [0.5, 0.6) is 0 Å². The molecule has 3 N–H and O–H groups in total. The van der Waals surface area contributed by atoms with Crippen LogP contribution < -0.4 is 5.32 Å². The molecule has 1 aromatic heterocycles. The lowest BCUT2D eigenvalue weighted by Crippen LogP contribution is -2.38. The zero-order chi connectivity index (χ0) is 16.2. The lowest BCUT2D eigenvalue weighted by Gasteiger charge is -2.15. The van der Waals surface area contributed by atoms with Crippen LogP contribution in [-0.4, -0.2) is 22.1 Å². The number of hydrogen-bond acceptors (Lipinski definition) is 2. The molecule has 0 fully saturated rings. The first-order valence-electron chi connectivity index (χ1n) is 7.40. The minimum atomic E-state index is -0.873. The SMILES string of the molecule is O=C(O)C(Cc1c[nH]c2ccccc12)NCc1ccccc1Cl. The van der Waals surface area contributed by atoms with Crippen molar-refractivity contribution in [1.29, 1.82) is 0 Å². The molecule has 23 heavy (non-hydrogen) atoms. The van der Waals surface area contributed by atoms with E-state index in [1.807, 2.05) is 48.7 Å². The van der Waals surface area contributed by atoms with Crippen molar-refractivity contribution in [3.8, 4) is 0 Å². The number of nitrogens with one attached hydrogen (secondary N) is 2. The second kappa shape index (κ2) is 6.86. The molecule has 2 aromatic carbocycles. The largest absolute Gasteiger partial charge is 0.480 e. The first kappa shape index (κ1) is 15.6. The van der Waals surface area contributed by atoms with Gasteiger partial charge in [-0.05, 0) is 23.3 Å². The number of H-pyrrole nitrogens is 1. The molecule has 4 nitrogen and oxygen atoms in total. The molecule has 0 spiro atoms. The fourth-order valence-electron chi connectivity index (χ4n) is 2.64. The summed E-state index contributed by atoms with van der Waals surface area (Å²) in [6, 6.07) is 14.6. The summed E-state index contributed by atoms with van der Waals surface area (Å²) < 4.78 is 0. The average molecular weight is 329 g/mol. The number of aromatic amines is 1. The average Bonchev–Trinajstić information content (AvgIpc) is 2.95. The lowest BCUT2D eigenvalue weighted by atomic mass is 10.0. The molecule has 0 radical (unpaired) electrons. The highest BCUT2D eigenvalue weighted by molar-refractivity contribution is 6.31. The number of carbonyl (C=O) groups is 1. The van der Waals surface area contributed by atoms with E-state index in [1.165, 1.54) is 0 Å². The minimum absolute atomic E-state index is 0.407. The summed E-state index contributed by atoms with van der Waals surface area (Å²) in [7, 11) is 0. The van der Waals surface area contributed by atoms with Crippen LogP contribution in [0.25, 0.3) is 10.9 Å². The van der Waals surface area contributed by atoms with Gasteiger partial charge in [-0.3, -0.25) is 10.1 Å². The van der Waals surface area contributed by atoms with Gasteiger partial charge in [0.25, 0.3) is 0 Å². The highest BCUT2D eigenvalue weighted by Gasteiger charge is 2.19. The van der Waals surface area contributed by atoms with Gasteiger partial charge in [0.15, 0.2) is 0 Å². The van der Waals surface area contributed by atoms with Gasteiger partial charge in [0.1, 0.15) is 6.04 Å². The number of carboxylic acids is 1. The Morgan fingerprint density at radius 2 is 1.87 bits per heavy atom. The summed E-state index contributed by atoms with van der Waals surface area (Å²) >= 11 is 6.12. The molecule has 3 rings (SSSR count). The van der Waals surface area contributed by atoms with E-state index in [9.17, 15) is 9.90 Å². The van der Waals surface area contributed by atoms with E-state index in [2.05, 4.69) is 10.3 Å². The Morgan fingerprint density at radius 1 is 1.13 bits per heavy atom. The quantitative estimate of drug-likeness (QED) is 0.647. The third-order valence-corrected chi connectivity index (χ3v) is 4.26. The predicted molar refractivity (Wildman–Crippen MR) is 91.7 cm³/mol. The van der Waals surface area contributed by atoms with Gasteiger partial charge in [-0.2, -0.15) is 0 Å². The van der Waals surface area contributed by atoms with Gasteiger partial charge in [0.2, 0.25) is 0 Å². The Hall–Kier alpha value is -2.30. The maximum absolute atomic E-state index is 11.6. The summed E-state index contributed by atoms with van der Waals surface area (Å²) in [6.07, 6.45) is 2.28. The number of rotatable bonds is 6. The van der Waals surface area contributed by atoms with Crippen LogP contribution in [0.4, 0.5) is 0 Å². The van der Waals surface area contributed by atoms with Crippen molar-refractivity contribution in [3.05, 3.63) is 70.9 Å². The molecule has 1 atom stereocenters. The second-order valence-electron chi connectivity index (χ2n) is 5.43. The molecule has 0 aliphatic heterocycles. The van der Waals surface area contributed by atoms with Crippen LogP contribution in [0.3, 0.4) is 0 Å². The van der Waals surface area contributed by atoms with Crippen molar-refractivity contribution in [2.24, 2.45) is 0 Å². The van der Waals surface area contributed by atoms with Crippen molar-refractivity contribution in [1.82, 2.24) is 10.3 Å². The number of halogens is 1. The zero-order valence-corrected chi connectivity index (χ0v) is 13.2. The molecule has 1 unspecified atom stereocenters. The van der Waals surface area contributed by atoms with Gasteiger partial charge in [-0.1, -0.05) is 48.0 Å².